The molecule has 1 aromatic carbocycles. The van der Waals surface area contributed by atoms with Crippen molar-refractivity contribution >= 4 is 11.4 Å². The zero-order valence-corrected chi connectivity index (χ0v) is 8.78. The standard InChI is InChI=1S/C11H17N3O/c12-9-13-10-1-3-11(4-2-10)14-5-7-15-8-6-14/h1-4,13H,5-9,12H2. The van der Waals surface area contributed by atoms with Gasteiger partial charge in [-0.3, -0.25) is 0 Å². The van der Waals surface area contributed by atoms with Crippen LogP contribution >= 0.6 is 0 Å². The van der Waals surface area contributed by atoms with E-state index in [1.54, 1.807) is 0 Å². The number of hydrogen-bond donors (Lipinski definition) is 2. The van der Waals surface area contributed by atoms with Gasteiger partial charge in [-0.05, 0) is 24.3 Å². The van der Waals surface area contributed by atoms with Gasteiger partial charge < -0.3 is 20.7 Å². The second kappa shape index (κ2) is 5.00. The van der Waals surface area contributed by atoms with E-state index in [2.05, 4.69) is 34.5 Å². The molecule has 4 nitrogen and oxygen atoms in total. The number of ether oxygens (including phenoxy) is 1. The van der Waals surface area contributed by atoms with E-state index in [9.17, 15) is 0 Å². The highest BCUT2D eigenvalue weighted by Crippen LogP contribution is 2.18. The number of morpholine rings is 1. The highest BCUT2D eigenvalue weighted by atomic mass is 16.5. The van der Waals surface area contributed by atoms with Gasteiger partial charge >= 0.3 is 0 Å². The van der Waals surface area contributed by atoms with Crippen molar-refractivity contribution in [1.29, 1.82) is 0 Å². The Morgan fingerprint density at radius 1 is 1.20 bits per heavy atom. The lowest BCUT2D eigenvalue weighted by Gasteiger charge is -2.28. The van der Waals surface area contributed by atoms with Crippen LogP contribution in [0, 0.1) is 0 Å². The lowest BCUT2D eigenvalue weighted by molar-refractivity contribution is 0.122. The van der Waals surface area contributed by atoms with Gasteiger partial charge in [-0.1, -0.05) is 0 Å². The number of rotatable bonds is 3. The molecular formula is C11H17N3O. The molecule has 3 N–H and O–H groups in total. The number of hydrogen-bond acceptors (Lipinski definition) is 4. The van der Waals surface area contributed by atoms with Gasteiger partial charge in [-0.25, -0.2) is 0 Å². The minimum Gasteiger partial charge on any atom is -0.378 e. The van der Waals surface area contributed by atoms with E-state index in [0.29, 0.717) is 6.67 Å². The van der Waals surface area contributed by atoms with Crippen molar-refractivity contribution in [2.24, 2.45) is 5.73 Å². The summed E-state index contributed by atoms with van der Waals surface area (Å²) in [6, 6.07) is 8.34. The lowest BCUT2D eigenvalue weighted by atomic mass is 10.2. The smallest absolute Gasteiger partial charge is 0.0642 e. The van der Waals surface area contributed by atoms with E-state index in [1.165, 1.54) is 5.69 Å². The molecule has 1 saturated heterocycles. The molecule has 82 valence electrons. The van der Waals surface area contributed by atoms with Gasteiger partial charge in [0, 0.05) is 24.5 Å². The summed E-state index contributed by atoms with van der Waals surface area (Å²) in [7, 11) is 0. The number of nitrogens with one attached hydrogen (secondary N) is 1. The van der Waals surface area contributed by atoms with Crippen LogP contribution < -0.4 is 16.0 Å². The Bertz CT molecular complexity index is 293. The molecule has 1 fully saturated rings. The third-order valence-electron chi connectivity index (χ3n) is 2.55. The third-order valence-corrected chi connectivity index (χ3v) is 2.55. The van der Waals surface area contributed by atoms with Gasteiger partial charge in [-0.15, -0.1) is 0 Å². The Morgan fingerprint density at radius 3 is 2.47 bits per heavy atom. The Labute approximate surface area is 90.0 Å². The van der Waals surface area contributed by atoms with Crippen molar-refractivity contribution in [3.63, 3.8) is 0 Å². The topological polar surface area (TPSA) is 50.5 Å². The van der Waals surface area contributed by atoms with E-state index in [-0.39, 0.29) is 0 Å². The Balaban J connectivity index is 2.02. The highest BCUT2D eigenvalue weighted by molar-refractivity contribution is 5.55. The van der Waals surface area contributed by atoms with Crippen LogP contribution in [-0.4, -0.2) is 33.0 Å². The van der Waals surface area contributed by atoms with Gasteiger partial charge in [-0.2, -0.15) is 0 Å². The van der Waals surface area contributed by atoms with Crippen LogP contribution in [0.3, 0.4) is 0 Å². The average Bonchev–Trinajstić information content (AvgIpc) is 2.32. The second-order valence-electron chi connectivity index (χ2n) is 3.53. The molecule has 2 rings (SSSR count). The van der Waals surface area contributed by atoms with E-state index < -0.39 is 0 Å². The SMILES string of the molecule is NCNc1ccc(N2CCOCC2)cc1. The number of anilines is 2. The zero-order valence-electron chi connectivity index (χ0n) is 8.78. The fraction of sp³-hybridized carbons (Fsp3) is 0.455. The van der Waals surface area contributed by atoms with E-state index in [4.69, 9.17) is 10.5 Å². The van der Waals surface area contributed by atoms with Crippen LogP contribution in [0.4, 0.5) is 11.4 Å². The molecule has 0 bridgehead atoms. The molecule has 0 aromatic heterocycles. The van der Waals surface area contributed by atoms with Crippen molar-refractivity contribution in [3.05, 3.63) is 24.3 Å². The predicted octanol–water partition coefficient (Wildman–Crippen LogP) is 0.851. The Kier molecular flexibility index (Phi) is 3.42. The number of nitrogens with two attached hydrogens (primary N) is 1. The minimum absolute atomic E-state index is 0.469. The number of benzene rings is 1. The molecule has 0 spiro atoms. The fourth-order valence-corrected chi connectivity index (χ4v) is 1.73. The Morgan fingerprint density at radius 2 is 1.87 bits per heavy atom. The summed E-state index contributed by atoms with van der Waals surface area (Å²) in [5.74, 6) is 0. The van der Waals surface area contributed by atoms with Gasteiger partial charge in [0.25, 0.3) is 0 Å². The molecule has 1 aliphatic heterocycles. The van der Waals surface area contributed by atoms with Gasteiger partial charge in [0.2, 0.25) is 0 Å². The summed E-state index contributed by atoms with van der Waals surface area (Å²) >= 11 is 0. The monoisotopic (exact) mass is 207 g/mol. The van der Waals surface area contributed by atoms with Gasteiger partial charge in [0.1, 0.15) is 0 Å². The largest absolute Gasteiger partial charge is 0.378 e. The first-order valence-electron chi connectivity index (χ1n) is 5.27. The van der Waals surface area contributed by atoms with E-state index in [0.717, 1.165) is 32.0 Å². The van der Waals surface area contributed by atoms with Crippen LogP contribution in [0.25, 0.3) is 0 Å². The second-order valence-corrected chi connectivity index (χ2v) is 3.53. The number of nitrogens with zero attached hydrogens (tertiary/aromatic N) is 1. The first-order valence-corrected chi connectivity index (χ1v) is 5.27. The van der Waals surface area contributed by atoms with Crippen molar-refractivity contribution < 1.29 is 4.74 Å². The highest BCUT2D eigenvalue weighted by Gasteiger charge is 2.10. The maximum Gasteiger partial charge on any atom is 0.0642 e. The van der Waals surface area contributed by atoms with Gasteiger partial charge in [0.05, 0.1) is 19.9 Å². The molecule has 4 heteroatoms. The van der Waals surface area contributed by atoms with Gasteiger partial charge in [0.15, 0.2) is 0 Å². The summed E-state index contributed by atoms with van der Waals surface area (Å²) in [6.07, 6.45) is 0. The Hall–Kier alpha value is -1.26. The molecule has 0 aliphatic carbocycles. The molecule has 1 aliphatic rings. The van der Waals surface area contributed by atoms with Crippen molar-refractivity contribution in [2.75, 3.05) is 43.2 Å². The predicted molar refractivity (Wildman–Crippen MR) is 62.2 cm³/mol. The molecule has 0 radical (unpaired) electrons. The molecule has 1 heterocycles. The fourth-order valence-electron chi connectivity index (χ4n) is 1.73. The molecular weight excluding hydrogens is 190 g/mol. The van der Waals surface area contributed by atoms with Crippen LogP contribution in [0.1, 0.15) is 0 Å². The molecule has 0 amide bonds. The van der Waals surface area contributed by atoms with Crippen molar-refractivity contribution in [1.82, 2.24) is 0 Å². The summed E-state index contributed by atoms with van der Waals surface area (Å²) < 4.78 is 5.31. The summed E-state index contributed by atoms with van der Waals surface area (Å²) in [5, 5.41) is 3.07. The summed E-state index contributed by atoms with van der Waals surface area (Å²) in [6.45, 7) is 4.07. The third kappa shape index (κ3) is 2.61. The normalized spacial score (nSPS) is 16.5. The molecule has 0 saturated carbocycles. The molecule has 0 unspecified atom stereocenters. The molecule has 1 aromatic rings. The van der Waals surface area contributed by atoms with Crippen molar-refractivity contribution in [2.45, 2.75) is 0 Å². The van der Waals surface area contributed by atoms with Crippen LogP contribution in [-0.2, 0) is 4.74 Å². The summed E-state index contributed by atoms with van der Waals surface area (Å²) in [4.78, 5) is 2.33. The maximum absolute atomic E-state index is 5.40. The zero-order chi connectivity index (χ0) is 10.5. The first kappa shape index (κ1) is 10.3. The van der Waals surface area contributed by atoms with E-state index in [1.807, 2.05) is 0 Å². The maximum atomic E-state index is 5.40. The van der Waals surface area contributed by atoms with Crippen LogP contribution in [0.2, 0.25) is 0 Å². The first-order chi connectivity index (χ1) is 7.40. The van der Waals surface area contributed by atoms with Crippen LogP contribution in [0.5, 0.6) is 0 Å². The van der Waals surface area contributed by atoms with Crippen molar-refractivity contribution in [3.8, 4) is 0 Å². The quantitative estimate of drug-likeness (QED) is 0.721. The minimum atomic E-state index is 0.469. The summed E-state index contributed by atoms with van der Waals surface area (Å²) in [5.41, 5.74) is 7.72. The average molecular weight is 207 g/mol. The molecule has 0 atom stereocenters. The lowest BCUT2D eigenvalue weighted by Crippen LogP contribution is -2.36. The molecule has 15 heavy (non-hydrogen) atoms. The van der Waals surface area contributed by atoms with Crippen LogP contribution in [0.15, 0.2) is 24.3 Å². The van der Waals surface area contributed by atoms with E-state index >= 15 is 0 Å².